The van der Waals surface area contributed by atoms with Gasteiger partial charge in [0.25, 0.3) is 5.69 Å². The first kappa shape index (κ1) is 16.6. The molecule has 1 aliphatic heterocycles. The number of benzene rings is 2. The summed E-state index contributed by atoms with van der Waals surface area (Å²) in [4.78, 5) is 25.7. The van der Waals surface area contributed by atoms with Gasteiger partial charge in [0, 0.05) is 50.1 Å². The van der Waals surface area contributed by atoms with Crippen molar-refractivity contribution in [2.45, 2.75) is 0 Å². The van der Waals surface area contributed by atoms with E-state index < -0.39 is 10.9 Å². The van der Waals surface area contributed by atoms with Crippen molar-refractivity contribution in [2.75, 3.05) is 36.0 Å². The van der Waals surface area contributed by atoms with Crippen LogP contribution in [0.3, 0.4) is 0 Å². The van der Waals surface area contributed by atoms with E-state index in [9.17, 15) is 25.1 Å². The van der Waals surface area contributed by atoms with Gasteiger partial charge >= 0.3 is 5.97 Å². The predicted octanol–water partition coefficient (Wildman–Crippen LogP) is 2.33. The number of non-ortho nitro benzene ring substituents is 1. The number of aromatic hydroxyl groups is 1. The van der Waals surface area contributed by atoms with E-state index in [1.54, 1.807) is 18.2 Å². The van der Waals surface area contributed by atoms with Crippen LogP contribution in [0.1, 0.15) is 10.4 Å². The second-order valence-electron chi connectivity index (χ2n) is 5.76. The molecule has 2 aromatic carbocycles. The Hall–Kier alpha value is -3.29. The predicted molar refractivity (Wildman–Crippen MR) is 92.6 cm³/mol. The fraction of sp³-hybridized carbons (Fsp3) is 0.235. The number of phenolic OH excluding ortho intramolecular Hbond substituents is 1. The molecule has 1 saturated heterocycles. The molecular formula is C17H17N3O5. The number of nitro groups is 1. The number of carbonyl (C=O) groups is 1. The third-order valence-corrected chi connectivity index (χ3v) is 4.24. The number of rotatable bonds is 4. The van der Waals surface area contributed by atoms with Gasteiger partial charge in [-0.1, -0.05) is 6.07 Å². The minimum Gasteiger partial charge on any atom is -0.508 e. The number of nitro benzene ring substituents is 1. The van der Waals surface area contributed by atoms with Crippen LogP contribution >= 0.6 is 0 Å². The zero-order chi connectivity index (χ0) is 18.0. The molecule has 25 heavy (non-hydrogen) atoms. The Morgan fingerprint density at radius 2 is 1.72 bits per heavy atom. The maximum atomic E-state index is 11.5. The number of piperazine rings is 1. The van der Waals surface area contributed by atoms with Crippen molar-refractivity contribution in [3.63, 3.8) is 0 Å². The van der Waals surface area contributed by atoms with E-state index >= 15 is 0 Å². The molecule has 2 aromatic rings. The molecule has 8 nitrogen and oxygen atoms in total. The van der Waals surface area contributed by atoms with E-state index in [1.807, 2.05) is 11.0 Å². The van der Waals surface area contributed by atoms with Crippen molar-refractivity contribution in [2.24, 2.45) is 0 Å². The molecule has 0 saturated carbocycles. The standard InChI is InChI=1S/C17H17N3O5/c21-14-3-1-2-12(10-14)18-6-8-19(9-7-18)16-5-4-13(20(24)25)11-15(16)17(22)23/h1-5,10-11,21H,6-9H2,(H,22,23). The molecule has 0 atom stereocenters. The Labute approximate surface area is 143 Å². The van der Waals surface area contributed by atoms with Gasteiger partial charge in [-0.25, -0.2) is 4.79 Å². The van der Waals surface area contributed by atoms with Gasteiger partial charge in [-0.15, -0.1) is 0 Å². The van der Waals surface area contributed by atoms with Crippen LogP contribution < -0.4 is 9.80 Å². The van der Waals surface area contributed by atoms with Crippen LogP contribution in [0, 0.1) is 10.1 Å². The third-order valence-electron chi connectivity index (χ3n) is 4.24. The molecule has 0 spiro atoms. The molecule has 8 heteroatoms. The van der Waals surface area contributed by atoms with Gasteiger partial charge < -0.3 is 20.0 Å². The number of hydrogen-bond acceptors (Lipinski definition) is 6. The van der Waals surface area contributed by atoms with Gasteiger partial charge in [0.15, 0.2) is 0 Å². The summed E-state index contributed by atoms with van der Waals surface area (Å²) in [6.45, 7) is 2.46. The summed E-state index contributed by atoms with van der Waals surface area (Å²) >= 11 is 0. The number of phenols is 1. The second-order valence-corrected chi connectivity index (χ2v) is 5.76. The molecule has 2 N–H and O–H groups in total. The zero-order valence-electron chi connectivity index (χ0n) is 13.3. The van der Waals surface area contributed by atoms with Crippen LogP contribution in [0.15, 0.2) is 42.5 Å². The SMILES string of the molecule is O=C(O)c1cc([N+](=O)[O-])ccc1N1CCN(c2cccc(O)c2)CC1. The Balaban J connectivity index is 1.78. The van der Waals surface area contributed by atoms with E-state index in [0.717, 1.165) is 11.8 Å². The molecular weight excluding hydrogens is 326 g/mol. The van der Waals surface area contributed by atoms with Crippen LogP contribution in [-0.2, 0) is 0 Å². The molecule has 0 radical (unpaired) electrons. The summed E-state index contributed by atoms with van der Waals surface area (Å²) in [5.74, 6) is -0.988. The summed E-state index contributed by atoms with van der Waals surface area (Å²) in [5, 5.41) is 29.8. The minimum absolute atomic E-state index is 0.0694. The quantitative estimate of drug-likeness (QED) is 0.648. The van der Waals surface area contributed by atoms with Crippen molar-refractivity contribution in [1.82, 2.24) is 0 Å². The average molecular weight is 343 g/mol. The van der Waals surface area contributed by atoms with Crippen LogP contribution in [-0.4, -0.2) is 47.3 Å². The first-order valence-corrected chi connectivity index (χ1v) is 7.76. The lowest BCUT2D eigenvalue weighted by Crippen LogP contribution is -2.47. The molecule has 0 aromatic heterocycles. The van der Waals surface area contributed by atoms with E-state index in [-0.39, 0.29) is 17.0 Å². The van der Waals surface area contributed by atoms with Gasteiger partial charge in [0.05, 0.1) is 16.2 Å². The van der Waals surface area contributed by atoms with Crippen LogP contribution in [0.2, 0.25) is 0 Å². The number of carboxylic acid groups (broad SMARTS) is 1. The highest BCUT2D eigenvalue weighted by atomic mass is 16.6. The van der Waals surface area contributed by atoms with Crippen molar-refractivity contribution >= 4 is 23.0 Å². The van der Waals surface area contributed by atoms with E-state index in [2.05, 4.69) is 4.90 Å². The second kappa shape index (κ2) is 6.68. The van der Waals surface area contributed by atoms with Crippen molar-refractivity contribution in [3.8, 4) is 5.75 Å². The maximum Gasteiger partial charge on any atom is 0.338 e. The number of nitrogens with zero attached hydrogens (tertiary/aromatic N) is 3. The first-order chi connectivity index (χ1) is 12.0. The Morgan fingerprint density at radius 3 is 2.32 bits per heavy atom. The summed E-state index contributed by atoms with van der Waals surface area (Å²) < 4.78 is 0. The normalized spacial score (nSPS) is 14.4. The molecule has 1 aliphatic rings. The highest BCUT2D eigenvalue weighted by Crippen LogP contribution is 2.28. The molecule has 1 fully saturated rings. The summed E-state index contributed by atoms with van der Waals surface area (Å²) in [6.07, 6.45) is 0. The van der Waals surface area contributed by atoms with Gasteiger partial charge in [-0.3, -0.25) is 10.1 Å². The highest BCUT2D eigenvalue weighted by Gasteiger charge is 2.23. The molecule has 1 heterocycles. The molecule has 0 aliphatic carbocycles. The molecule has 0 amide bonds. The van der Waals surface area contributed by atoms with Crippen molar-refractivity contribution in [1.29, 1.82) is 0 Å². The topological polar surface area (TPSA) is 107 Å². The third kappa shape index (κ3) is 3.47. The van der Waals surface area contributed by atoms with Crippen molar-refractivity contribution in [3.05, 3.63) is 58.1 Å². The molecule has 0 bridgehead atoms. The zero-order valence-corrected chi connectivity index (χ0v) is 13.3. The summed E-state index contributed by atoms with van der Waals surface area (Å²) in [5.41, 5.74) is 1.08. The van der Waals surface area contributed by atoms with E-state index in [1.165, 1.54) is 12.1 Å². The summed E-state index contributed by atoms with van der Waals surface area (Å²) in [7, 11) is 0. The Kier molecular flexibility index (Phi) is 4.42. The smallest absolute Gasteiger partial charge is 0.338 e. The monoisotopic (exact) mass is 343 g/mol. The number of hydrogen-bond donors (Lipinski definition) is 2. The van der Waals surface area contributed by atoms with E-state index in [0.29, 0.717) is 31.9 Å². The fourth-order valence-corrected chi connectivity index (χ4v) is 2.98. The maximum absolute atomic E-state index is 11.5. The lowest BCUT2D eigenvalue weighted by Gasteiger charge is -2.37. The minimum atomic E-state index is -1.19. The molecule has 3 rings (SSSR count). The van der Waals surface area contributed by atoms with Gasteiger partial charge in [-0.2, -0.15) is 0 Å². The molecule has 130 valence electrons. The van der Waals surface area contributed by atoms with Gasteiger partial charge in [0.2, 0.25) is 0 Å². The van der Waals surface area contributed by atoms with Gasteiger partial charge in [0.1, 0.15) is 5.75 Å². The van der Waals surface area contributed by atoms with Crippen LogP contribution in [0.25, 0.3) is 0 Å². The lowest BCUT2D eigenvalue weighted by atomic mass is 10.1. The van der Waals surface area contributed by atoms with Crippen LogP contribution in [0.5, 0.6) is 5.75 Å². The van der Waals surface area contributed by atoms with E-state index in [4.69, 9.17) is 0 Å². The highest BCUT2D eigenvalue weighted by molar-refractivity contribution is 5.95. The van der Waals surface area contributed by atoms with Crippen LogP contribution in [0.4, 0.5) is 17.1 Å². The Bertz CT molecular complexity index is 816. The number of anilines is 2. The molecule has 0 unspecified atom stereocenters. The fourth-order valence-electron chi connectivity index (χ4n) is 2.98. The average Bonchev–Trinajstić information content (AvgIpc) is 2.61. The Morgan fingerprint density at radius 1 is 1.04 bits per heavy atom. The lowest BCUT2D eigenvalue weighted by molar-refractivity contribution is -0.384. The number of carboxylic acids is 1. The summed E-state index contributed by atoms with van der Waals surface area (Å²) in [6, 6.07) is 10.9. The largest absolute Gasteiger partial charge is 0.508 e. The van der Waals surface area contributed by atoms with Crippen molar-refractivity contribution < 1.29 is 19.9 Å². The van der Waals surface area contributed by atoms with Gasteiger partial charge in [-0.05, 0) is 18.2 Å². The number of aromatic carboxylic acids is 1. The first-order valence-electron chi connectivity index (χ1n) is 7.76.